The van der Waals surface area contributed by atoms with Crippen LogP contribution >= 0.6 is 11.3 Å². The molecule has 2 heterocycles. The zero-order valence-corrected chi connectivity index (χ0v) is 15.8. The summed E-state index contributed by atoms with van der Waals surface area (Å²) in [6, 6.07) is 8.18. The number of amides is 1. The smallest absolute Gasteiger partial charge is 0.417 e. The third-order valence-electron chi connectivity index (χ3n) is 3.99. The molecule has 3 aromatic rings. The maximum atomic E-state index is 13.2. The van der Waals surface area contributed by atoms with Crippen molar-refractivity contribution in [3.8, 4) is 16.3 Å². The number of alkyl halides is 3. The van der Waals surface area contributed by atoms with Crippen LogP contribution in [-0.2, 0) is 6.18 Å². The lowest BCUT2D eigenvalue weighted by atomic mass is 10.1. The molecule has 1 N–H and O–H groups in total. The van der Waals surface area contributed by atoms with Crippen LogP contribution in [0.15, 0.2) is 48.0 Å². The third-order valence-corrected chi connectivity index (χ3v) is 4.86. The predicted molar refractivity (Wildman–Crippen MR) is 99.2 cm³/mol. The van der Waals surface area contributed by atoms with E-state index in [1.54, 1.807) is 19.1 Å². The van der Waals surface area contributed by atoms with Crippen molar-refractivity contribution in [2.75, 3.05) is 7.11 Å². The predicted octanol–water partition coefficient (Wildman–Crippen LogP) is 4.72. The number of benzene rings is 1. The number of hydrogen-bond donors (Lipinski definition) is 1. The van der Waals surface area contributed by atoms with Gasteiger partial charge in [-0.05, 0) is 25.1 Å². The topological polar surface area (TPSA) is 64.1 Å². The van der Waals surface area contributed by atoms with E-state index in [-0.39, 0.29) is 16.3 Å². The first-order valence-electron chi connectivity index (χ1n) is 8.22. The van der Waals surface area contributed by atoms with Gasteiger partial charge in [-0.25, -0.2) is 4.98 Å². The molecule has 0 aliphatic carbocycles. The molecule has 0 bridgehead atoms. The number of pyridine rings is 1. The van der Waals surface area contributed by atoms with E-state index in [1.165, 1.54) is 36.9 Å². The molecule has 9 heteroatoms. The van der Waals surface area contributed by atoms with Crippen molar-refractivity contribution in [3.63, 3.8) is 0 Å². The first kappa shape index (κ1) is 19.8. The number of nitrogens with zero attached hydrogens (tertiary/aromatic N) is 2. The fourth-order valence-corrected chi connectivity index (χ4v) is 3.37. The molecule has 1 aromatic carbocycles. The van der Waals surface area contributed by atoms with E-state index in [4.69, 9.17) is 4.74 Å². The van der Waals surface area contributed by atoms with Gasteiger partial charge in [0.25, 0.3) is 5.91 Å². The van der Waals surface area contributed by atoms with Crippen molar-refractivity contribution < 1.29 is 22.7 Å². The van der Waals surface area contributed by atoms with Crippen LogP contribution < -0.4 is 10.1 Å². The van der Waals surface area contributed by atoms with Crippen molar-refractivity contribution in [3.05, 3.63) is 64.9 Å². The van der Waals surface area contributed by atoms with Crippen molar-refractivity contribution in [2.45, 2.75) is 19.1 Å². The number of nitrogens with one attached hydrogen (secondary N) is 1. The van der Waals surface area contributed by atoms with Crippen LogP contribution in [0.2, 0.25) is 0 Å². The zero-order valence-electron chi connectivity index (χ0n) is 14.9. The normalized spacial score (nSPS) is 12.5. The third kappa shape index (κ3) is 4.30. The Morgan fingerprint density at radius 1 is 1.21 bits per heavy atom. The molecule has 1 unspecified atom stereocenters. The largest absolute Gasteiger partial charge is 0.495 e. The Balaban J connectivity index is 1.78. The molecule has 0 saturated heterocycles. The molecule has 1 amide bonds. The molecular weight excluding hydrogens is 391 g/mol. The van der Waals surface area contributed by atoms with E-state index >= 15 is 0 Å². The maximum Gasteiger partial charge on any atom is 0.417 e. The SMILES string of the molecule is COc1ccc(C(C)NC(=O)c2csc(-c3ccccc3C(F)(F)F)n2)nc1. The lowest BCUT2D eigenvalue weighted by Crippen LogP contribution is -2.27. The first-order chi connectivity index (χ1) is 13.3. The Morgan fingerprint density at radius 2 is 1.96 bits per heavy atom. The van der Waals surface area contributed by atoms with Crippen LogP contribution in [0.3, 0.4) is 0 Å². The second kappa shape index (κ2) is 7.97. The second-order valence-corrected chi connectivity index (χ2v) is 6.76. The molecular formula is C19H16F3N3O2S. The van der Waals surface area contributed by atoms with Crippen LogP contribution in [0.25, 0.3) is 10.6 Å². The van der Waals surface area contributed by atoms with Crippen LogP contribution in [-0.4, -0.2) is 23.0 Å². The number of carbonyl (C=O) groups excluding carboxylic acids is 1. The van der Waals surface area contributed by atoms with Gasteiger partial charge in [-0.2, -0.15) is 13.2 Å². The van der Waals surface area contributed by atoms with Crippen molar-refractivity contribution >= 4 is 17.2 Å². The fraction of sp³-hybridized carbons (Fsp3) is 0.211. The van der Waals surface area contributed by atoms with Crippen LogP contribution in [0, 0.1) is 0 Å². The number of halogens is 3. The Kier molecular flexibility index (Phi) is 5.64. The average Bonchev–Trinajstić information content (AvgIpc) is 3.17. The summed E-state index contributed by atoms with van der Waals surface area (Å²) in [7, 11) is 1.53. The number of hydrogen-bond acceptors (Lipinski definition) is 5. The fourth-order valence-electron chi connectivity index (χ4n) is 2.53. The minimum Gasteiger partial charge on any atom is -0.495 e. The Bertz CT molecular complexity index is 971. The monoisotopic (exact) mass is 407 g/mol. The second-order valence-electron chi connectivity index (χ2n) is 5.90. The van der Waals surface area contributed by atoms with Crippen LogP contribution in [0.5, 0.6) is 5.75 Å². The average molecular weight is 407 g/mol. The standard InChI is InChI=1S/C19H16F3N3O2S/c1-11(15-8-7-12(27-2)9-23-15)24-17(26)16-10-28-18(25-16)13-5-3-4-6-14(13)19(20,21)22/h3-11H,1-2H3,(H,24,26). The van der Waals surface area contributed by atoms with Gasteiger partial charge in [-0.15, -0.1) is 11.3 Å². The van der Waals surface area contributed by atoms with Gasteiger partial charge in [0.1, 0.15) is 16.5 Å². The van der Waals surface area contributed by atoms with Gasteiger partial charge in [0.15, 0.2) is 0 Å². The van der Waals surface area contributed by atoms with Gasteiger partial charge in [0.2, 0.25) is 0 Å². The highest BCUT2D eigenvalue weighted by atomic mass is 32.1. The molecule has 0 saturated carbocycles. The Labute approximate surface area is 163 Å². The molecule has 5 nitrogen and oxygen atoms in total. The van der Waals surface area contributed by atoms with E-state index in [9.17, 15) is 18.0 Å². The van der Waals surface area contributed by atoms with Crippen LogP contribution in [0.4, 0.5) is 13.2 Å². The zero-order chi connectivity index (χ0) is 20.3. The van der Waals surface area contributed by atoms with E-state index in [0.29, 0.717) is 11.4 Å². The summed E-state index contributed by atoms with van der Waals surface area (Å²) in [4.78, 5) is 20.7. The first-order valence-corrected chi connectivity index (χ1v) is 9.10. The van der Waals surface area contributed by atoms with Crippen molar-refractivity contribution in [2.24, 2.45) is 0 Å². The quantitative estimate of drug-likeness (QED) is 0.665. The molecule has 146 valence electrons. The van der Waals surface area contributed by atoms with E-state index < -0.39 is 23.7 Å². The maximum absolute atomic E-state index is 13.2. The summed E-state index contributed by atoms with van der Waals surface area (Å²) in [5, 5.41) is 4.31. The number of ether oxygens (including phenoxy) is 1. The highest BCUT2D eigenvalue weighted by Crippen LogP contribution is 2.37. The molecule has 0 aliphatic rings. The molecule has 0 spiro atoms. The molecule has 0 radical (unpaired) electrons. The number of rotatable bonds is 5. The lowest BCUT2D eigenvalue weighted by molar-refractivity contribution is -0.137. The highest BCUT2D eigenvalue weighted by Gasteiger charge is 2.34. The molecule has 3 rings (SSSR count). The number of carbonyl (C=O) groups is 1. The summed E-state index contributed by atoms with van der Waals surface area (Å²) in [5.74, 6) is 0.104. The number of aromatic nitrogens is 2. The molecule has 0 aliphatic heterocycles. The molecule has 28 heavy (non-hydrogen) atoms. The van der Waals surface area contributed by atoms with Gasteiger partial charge in [0, 0.05) is 10.9 Å². The summed E-state index contributed by atoms with van der Waals surface area (Å²) in [5.41, 5.74) is -0.166. The number of methoxy groups -OCH3 is 1. The summed E-state index contributed by atoms with van der Waals surface area (Å²) in [6.45, 7) is 1.75. The van der Waals surface area contributed by atoms with Gasteiger partial charge < -0.3 is 10.1 Å². The van der Waals surface area contributed by atoms with E-state index in [0.717, 1.165) is 17.4 Å². The minimum atomic E-state index is -4.50. The van der Waals surface area contributed by atoms with Gasteiger partial charge in [0.05, 0.1) is 30.6 Å². The van der Waals surface area contributed by atoms with Crippen molar-refractivity contribution in [1.29, 1.82) is 0 Å². The van der Waals surface area contributed by atoms with Crippen LogP contribution in [0.1, 0.15) is 34.7 Å². The summed E-state index contributed by atoms with van der Waals surface area (Å²) < 4.78 is 44.6. The van der Waals surface area contributed by atoms with Crippen molar-refractivity contribution in [1.82, 2.24) is 15.3 Å². The van der Waals surface area contributed by atoms with E-state index in [2.05, 4.69) is 15.3 Å². The summed E-state index contributed by atoms with van der Waals surface area (Å²) in [6.07, 6.45) is -2.97. The Morgan fingerprint density at radius 3 is 2.61 bits per heavy atom. The van der Waals surface area contributed by atoms with Gasteiger partial charge >= 0.3 is 6.18 Å². The van der Waals surface area contributed by atoms with Gasteiger partial charge in [-0.1, -0.05) is 18.2 Å². The van der Waals surface area contributed by atoms with E-state index in [1.807, 2.05) is 0 Å². The molecule has 0 fully saturated rings. The van der Waals surface area contributed by atoms with Gasteiger partial charge in [-0.3, -0.25) is 9.78 Å². The number of thiazole rings is 1. The minimum absolute atomic E-state index is 0.0519. The molecule has 1 atom stereocenters. The summed E-state index contributed by atoms with van der Waals surface area (Å²) >= 11 is 0.985. The highest BCUT2D eigenvalue weighted by molar-refractivity contribution is 7.13. The molecule has 2 aromatic heterocycles. The lowest BCUT2D eigenvalue weighted by Gasteiger charge is -2.13. The Hall–Kier alpha value is -2.94.